The molecule has 2 rings (SSSR count). The fraction of sp³-hybridized carbons (Fsp3) is 0.417. The summed E-state index contributed by atoms with van der Waals surface area (Å²) in [6.45, 7) is 0. The normalized spacial score (nSPS) is 21.2. The van der Waals surface area contributed by atoms with Gasteiger partial charge in [-0.3, -0.25) is 10.6 Å². The maximum atomic E-state index is 13.5. The van der Waals surface area contributed by atoms with Gasteiger partial charge in [0.2, 0.25) is 0 Å². The monoisotopic (exact) mass is 301 g/mol. The van der Waals surface area contributed by atoms with E-state index in [1.807, 2.05) is 0 Å². The molecule has 1 saturated heterocycles. The molecular weight excluding hydrogens is 285 g/mol. The van der Waals surface area contributed by atoms with Crippen LogP contribution in [0.1, 0.15) is 23.2 Å². The van der Waals surface area contributed by atoms with Crippen molar-refractivity contribution in [1.29, 1.82) is 0 Å². The molecule has 1 aromatic rings. The van der Waals surface area contributed by atoms with Gasteiger partial charge in [-0.1, -0.05) is 6.07 Å². The van der Waals surface area contributed by atoms with E-state index in [1.165, 1.54) is 18.2 Å². The predicted molar refractivity (Wildman–Crippen MR) is 73.4 cm³/mol. The van der Waals surface area contributed by atoms with Crippen LogP contribution in [0, 0.1) is 5.82 Å². The highest BCUT2D eigenvalue weighted by atomic mass is 32.2. The fourth-order valence-electron chi connectivity index (χ4n) is 2.26. The van der Waals surface area contributed by atoms with Crippen molar-refractivity contribution in [2.24, 2.45) is 5.84 Å². The molecule has 0 spiro atoms. The molecule has 110 valence electrons. The quantitative estimate of drug-likeness (QED) is 0.555. The number of amides is 1. The number of nitrogens with one attached hydrogen (secondary N) is 2. The van der Waals surface area contributed by atoms with Gasteiger partial charge in [-0.25, -0.2) is 12.8 Å². The summed E-state index contributed by atoms with van der Waals surface area (Å²) in [5.74, 6) is 4.08. The number of sulfone groups is 1. The van der Waals surface area contributed by atoms with Crippen LogP contribution in [0.5, 0.6) is 0 Å². The SMILES string of the molecule is NNc1c(F)cccc1C(=O)NC1CCCS(=O)(=O)C1. The number of para-hydroxylation sites is 1. The maximum Gasteiger partial charge on any atom is 0.253 e. The van der Waals surface area contributed by atoms with Crippen molar-refractivity contribution in [2.75, 3.05) is 16.9 Å². The average molecular weight is 301 g/mol. The Kier molecular flexibility index (Phi) is 4.24. The zero-order valence-electron chi connectivity index (χ0n) is 10.7. The number of halogens is 1. The van der Waals surface area contributed by atoms with Gasteiger partial charge in [-0.05, 0) is 25.0 Å². The van der Waals surface area contributed by atoms with Crippen molar-refractivity contribution >= 4 is 21.4 Å². The number of hydrazine groups is 1. The van der Waals surface area contributed by atoms with Gasteiger partial charge in [0.05, 0.1) is 22.8 Å². The first-order valence-electron chi connectivity index (χ1n) is 6.19. The first-order valence-corrected chi connectivity index (χ1v) is 8.01. The average Bonchev–Trinajstić information content (AvgIpc) is 2.37. The minimum absolute atomic E-state index is 0.0514. The van der Waals surface area contributed by atoms with E-state index in [0.717, 1.165) is 0 Å². The van der Waals surface area contributed by atoms with Crippen LogP contribution in [-0.4, -0.2) is 31.9 Å². The van der Waals surface area contributed by atoms with Gasteiger partial charge in [0.25, 0.3) is 5.91 Å². The number of rotatable bonds is 3. The smallest absolute Gasteiger partial charge is 0.253 e. The molecule has 1 fully saturated rings. The summed E-state index contributed by atoms with van der Waals surface area (Å²) in [5.41, 5.74) is 2.09. The van der Waals surface area contributed by atoms with Crippen molar-refractivity contribution < 1.29 is 17.6 Å². The Hall–Kier alpha value is -1.67. The van der Waals surface area contributed by atoms with Gasteiger partial charge in [0.1, 0.15) is 5.82 Å². The van der Waals surface area contributed by atoms with Crippen LogP contribution in [-0.2, 0) is 9.84 Å². The van der Waals surface area contributed by atoms with Crippen LogP contribution < -0.4 is 16.6 Å². The minimum Gasteiger partial charge on any atom is -0.348 e. The highest BCUT2D eigenvalue weighted by Gasteiger charge is 2.27. The largest absolute Gasteiger partial charge is 0.348 e. The Morgan fingerprint density at radius 3 is 2.80 bits per heavy atom. The highest BCUT2D eigenvalue weighted by molar-refractivity contribution is 7.91. The Morgan fingerprint density at radius 1 is 1.40 bits per heavy atom. The van der Waals surface area contributed by atoms with Crippen LogP contribution in [0.15, 0.2) is 18.2 Å². The number of benzene rings is 1. The third-order valence-electron chi connectivity index (χ3n) is 3.20. The lowest BCUT2D eigenvalue weighted by Crippen LogP contribution is -2.43. The van der Waals surface area contributed by atoms with Crippen LogP contribution in [0.2, 0.25) is 0 Å². The molecule has 20 heavy (non-hydrogen) atoms. The zero-order chi connectivity index (χ0) is 14.8. The molecule has 0 aliphatic carbocycles. The van der Waals surface area contributed by atoms with Crippen LogP contribution in [0.3, 0.4) is 0 Å². The molecule has 8 heteroatoms. The van der Waals surface area contributed by atoms with Crippen molar-refractivity contribution in [3.63, 3.8) is 0 Å². The third kappa shape index (κ3) is 3.26. The number of nitrogens with two attached hydrogens (primary N) is 1. The van der Waals surface area contributed by atoms with Gasteiger partial charge in [0, 0.05) is 6.04 Å². The molecule has 1 amide bonds. The lowest BCUT2D eigenvalue weighted by Gasteiger charge is -2.23. The Balaban J connectivity index is 2.15. The summed E-state index contributed by atoms with van der Waals surface area (Å²) in [5, 5.41) is 2.61. The first kappa shape index (κ1) is 14.7. The molecule has 0 bridgehead atoms. The molecule has 4 N–H and O–H groups in total. The summed E-state index contributed by atoms with van der Waals surface area (Å²) < 4.78 is 36.5. The maximum absolute atomic E-state index is 13.5. The van der Waals surface area contributed by atoms with Gasteiger partial charge < -0.3 is 10.7 Å². The second-order valence-corrected chi connectivity index (χ2v) is 6.96. The van der Waals surface area contributed by atoms with Crippen molar-refractivity contribution in [1.82, 2.24) is 5.32 Å². The van der Waals surface area contributed by atoms with E-state index in [1.54, 1.807) is 0 Å². The molecular formula is C12H16FN3O3S. The number of carbonyl (C=O) groups is 1. The molecule has 0 aromatic heterocycles. The molecule has 1 aromatic carbocycles. The molecule has 1 aliphatic heterocycles. The van der Waals surface area contributed by atoms with Gasteiger partial charge in [0.15, 0.2) is 9.84 Å². The second-order valence-electron chi connectivity index (χ2n) is 4.73. The molecule has 0 radical (unpaired) electrons. The Labute approximate surface area is 116 Å². The summed E-state index contributed by atoms with van der Waals surface area (Å²) in [4.78, 5) is 12.1. The topological polar surface area (TPSA) is 101 Å². The predicted octanol–water partition coefficient (Wildman–Crippen LogP) is 0.418. The second kappa shape index (κ2) is 5.76. The van der Waals surface area contributed by atoms with Gasteiger partial charge in [-0.15, -0.1) is 0 Å². The minimum atomic E-state index is -3.11. The van der Waals surface area contributed by atoms with Crippen LogP contribution in [0.4, 0.5) is 10.1 Å². The molecule has 0 saturated carbocycles. The Bertz CT molecular complexity index is 618. The van der Waals surface area contributed by atoms with Crippen molar-refractivity contribution in [3.05, 3.63) is 29.6 Å². The molecule has 1 atom stereocenters. The zero-order valence-corrected chi connectivity index (χ0v) is 11.5. The first-order chi connectivity index (χ1) is 9.43. The lowest BCUT2D eigenvalue weighted by molar-refractivity contribution is 0.0938. The Morgan fingerprint density at radius 2 is 2.15 bits per heavy atom. The van der Waals surface area contributed by atoms with E-state index in [4.69, 9.17) is 5.84 Å². The molecule has 1 aliphatic rings. The van der Waals surface area contributed by atoms with E-state index >= 15 is 0 Å². The van der Waals surface area contributed by atoms with E-state index < -0.39 is 27.6 Å². The summed E-state index contributed by atoms with van der Waals surface area (Å²) in [6.07, 6.45) is 1.10. The summed E-state index contributed by atoms with van der Waals surface area (Å²) in [7, 11) is -3.11. The highest BCUT2D eigenvalue weighted by Crippen LogP contribution is 2.19. The molecule has 6 nitrogen and oxygen atoms in total. The van der Waals surface area contributed by atoms with E-state index in [9.17, 15) is 17.6 Å². The van der Waals surface area contributed by atoms with Crippen LogP contribution in [0.25, 0.3) is 0 Å². The number of anilines is 1. The van der Waals surface area contributed by atoms with E-state index in [-0.39, 0.29) is 22.8 Å². The molecule has 1 unspecified atom stereocenters. The van der Waals surface area contributed by atoms with Crippen molar-refractivity contribution in [3.8, 4) is 0 Å². The third-order valence-corrected chi connectivity index (χ3v) is 5.02. The summed E-state index contributed by atoms with van der Waals surface area (Å²) in [6, 6.07) is 3.54. The van der Waals surface area contributed by atoms with Crippen LogP contribution >= 0.6 is 0 Å². The van der Waals surface area contributed by atoms with E-state index in [2.05, 4.69) is 10.7 Å². The number of nitrogen functional groups attached to an aromatic ring is 1. The van der Waals surface area contributed by atoms with Gasteiger partial charge in [-0.2, -0.15) is 0 Å². The van der Waals surface area contributed by atoms with Gasteiger partial charge >= 0.3 is 0 Å². The standard InChI is InChI=1S/C12H16FN3O3S/c13-10-5-1-4-9(11(10)16-14)12(17)15-8-3-2-6-20(18,19)7-8/h1,4-5,8,16H,2-3,6-7,14H2,(H,15,17). The number of hydrogen-bond donors (Lipinski definition) is 3. The fourth-order valence-corrected chi connectivity index (χ4v) is 3.90. The molecule has 1 heterocycles. The lowest BCUT2D eigenvalue weighted by atomic mass is 10.1. The number of hydrogen-bond acceptors (Lipinski definition) is 5. The van der Waals surface area contributed by atoms with Crippen molar-refractivity contribution in [2.45, 2.75) is 18.9 Å². The van der Waals surface area contributed by atoms with E-state index in [0.29, 0.717) is 12.8 Å². The summed E-state index contributed by atoms with van der Waals surface area (Å²) >= 11 is 0. The number of carbonyl (C=O) groups excluding carboxylic acids is 1.